The van der Waals surface area contributed by atoms with E-state index >= 15 is 0 Å². The van der Waals surface area contributed by atoms with E-state index in [1.165, 1.54) is 17.8 Å². The molecule has 4 heteroatoms. The molecule has 2 rings (SSSR count). The Balaban J connectivity index is 2.15. The van der Waals surface area contributed by atoms with Gasteiger partial charge in [0.1, 0.15) is 5.82 Å². The Kier molecular flexibility index (Phi) is 4.86. The van der Waals surface area contributed by atoms with Crippen molar-refractivity contribution < 1.29 is 9.50 Å². The summed E-state index contributed by atoms with van der Waals surface area (Å²) in [5.41, 5.74) is 1.47. The van der Waals surface area contributed by atoms with Gasteiger partial charge in [0.05, 0.1) is 6.10 Å². The van der Waals surface area contributed by atoms with E-state index in [0.717, 1.165) is 10.5 Å². The quantitative estimate of drug-likeness (QED) is 0.816. The highest BCUT2D eigenvalue weighted by Crippen LogP contribution is 2.31. The number of aliphatic hydroxyl groups is 1. The smallest absolute Gasteiger partial charge is 0.130 e. The summed E-state index contributed by atoms with van der Waals surface area (Å²) in [6, 6.07) is 12.4. The molecular formula is C15H14ClFOS. The lowest BCUT2D eigenvalue weighted by Crippen LogP contribution is -1.98. The van der Waals surface area contributed by atoms with Crippen molar-refractivity contribution in [1.82, 2.24) is 0 Å². The Morgan fingerprint density at radius 1 is 1.21 bits per heavy atom. The van der Waals surface area contributed by atoms with Crippen molar-refractivity contribution in [3.63, 3.8) is 0 Å². The SMILES string of the molecule is C[C@@H](O)c1c(F)cccc1SCc1ccc(Cl)cc1. The number of halogens is 2. The first-order valence-corrected chi connectivity index (χ1v) is 7.28. The second kappa shape index (κ2) is 6.42. The molecule has 0 unspecified atom stereocenters. The van der Waals surface area contributed by atoms with Gasteiger partial charge in [-0.2, -0.15) is 0 Å². The summed E-state index contributed by atoms with van der Waals surface area (Å²) in [5, 5.41) is 10.3. The number of aliphatic hydroxyl groups excluding tert-OH is 1. The summed E-state index contributed by atoms with van der Waals surface area (Å²) < 4.78 is 13.7. The normalized spacial score (nSPS) is 12.4. The van der Waals surface area contributed by atoms with E-state index in [1.54, 1.807) is 13.0 Å². The molecule has 0 bridgehead atoms. The predicted molar refractivity (Wildman–Crippen MR) is 78.0 cm³/mol. The maximum absolute atomic E-state index is 13.7. The van der Waals surface area contributed by atoms with Crippen molar-refractivity contribution in [2.45, 2.75) is 23.7 Å². The number of benzene rings is 2. The number of hydrogen-bond donors (Lipinski definition) is 1. The molecule has 0 radical (unpaired) electrons. The average Bonchev–Trinajstić information content (AvgIpc) is 2.37. The maximum atomic E-state index is 13.7. The zero-order valence-electron chi connectivity index (χ0n) is 10.4. The average molecular weight is 297 g/mol. The van der Waals surface area contributed by atoms with E-state index < -0.39 is 6.10 Å². The number of hydrogen-bond acceptors (Lipinski definition) is 2. The molecule has 1 atom stereocenters. The van der Waals surface area contributed by atoms with Crippen LogP contribution in [0.2, 0.25) is 5.02 Å². The lowest BCUT2D eigenvalue weighted by Gasteiger charge is -2.12. The Morgan fingerprint density at radius 2 is 1.89 bits per heavy atom. The van der Waals surface area contributed by atoms with Crippen LogP contribution >= 0.6 is 23.4 Å². The molecule has 0 aliphatic carbocycles. The van der Waals surface area contributed by atoms with Gasteiger partial charge in [0.2, 0.25) is 0 Å². The summed E-state index contributed by atoms with van der Waals surface area (Å²) >= 11 is 7.33. The van der Waals surface area contributed by atoms with Crippen molar-refractivity contribution in [2.24, 2.45) is 0 Å². The molecular weight excluding hydrogens is 283 g/mol. The Labute approximate surface area is 121 Å². The van der Waals surface area contributed by atoms with Gasteiger partial charge in [-0.3, -0.25) is 0 Å². The van der Waals surface area contributed by atoms with Gasteiger partial charge >= 0.3 is 0 Å². The van der Waals surface area contributed by atoms with Crippen molar-refractivity contribution in [2.75, 3.05) is 0 Å². The first-order valence-electron chi connectivity index (χ1n) is 5.91. The van der Waals surface area contributed by atoms with E-state index in [0.29, 0.717) is 16.3 Å². The molecule has 0 saturated heterocycles. The highest BCUT2D eigenvalue weighted by molar-refractivity contribution is 7.98. The van der Waals surface area contributed by atoms with Gasteiger partial charge in [0.25, 0.3) is 0 Å². The monoisotopic (exact) mass is 296 g/mol. The minimum Gasteiger partial charge on any atom is -0.389 e. The van der Waals surface area contributed by atoms with Crippen LogP contribution in [0.4, 0.5) is 4.39 Å². The Morgan fingerprint density at radius 3 is 2.53 bits per heavy atom. The van der Waals surface area contributed by atoms with Crippen LogP contribution in [0.25, 0.3) is 0 Å². The van der Waals surface area contributed by atoms with Crippen LogP contribution in [0.5, 0.6) is 0 Å². The molecule has 100 valence electrons. The summed E-state index contributed by atoms with van der Waals surface area (Å²) in [6.45, 7) is 1.57. The van der Waals surface area contributed by atoms with Crippen molar-refractivity contribution >= 4 is 23.4 Å². The lowest BCUT2D eigenvalue weighted by molar-refractivity contribution is 0.191. The third kappa shape index (κ3) is 3.72. The van der Waals surface area contributed by atoms with Crippen LogP contribution in [0, 0.1) is 5.82 Å². The Hall–Kier alpha value is -1.03. The highest BCUT2D eigenvalue weighted by atomic mass is 35.5. The molecule has 2 aromatic rings. The zero-order chi connectivity index (χ0) is 13.8. The highest BCUT2D eigenvalue weighted by Gasteiger charge is 2.13. The second-order valence-electron chi connectivity index (χ2n) is 4.24. The van der Waals surface area contributed by atoms with Gasteiger partial charge in [-0.15, -0.1) is 11.8 Å². The van der Waals surface area contributed by atoms with Crippen molar-refractivity contribution in [3.05, 3.63) is 64.4 Å². The third-order valence-electron chi connectivity index (χ3n) is 2.74. The van der Waals surface area contributed by atoms with Gasteiger partial charge in [-0.05, 0) is 36.8 Å². The zero-order valence-corrected chi connectivity index (χ0v) is 12.0. The fourth-order valence-electron chi connectivity index (χ4n) is 1.79. The largest absolute Gasteiger partial charge is 0.389 e. The van der Waals surface area contributed by atoms with Gasteiger partial charge in [-0.1, -0.05) is 29.8 Å². The van der Waals surface area contributed by atoms with E-state index in [9.17, 15) is 9.50 Å². The fraction of sp³-hybridized carbons (Fsp3) is 0.200. The van der Waals surface area contributed by atoms with Gasteiger partial charge in [0.15, 0.2) is 0 Å². The minimum absolute atomic E-state index is 0.362. The van der Waals surface area contributed by atoms with Crippen LogP contribution in [0.1, 0.15) is 24.2 Å². The van der Waals surface area contributed by atoms with Crippen LogP contribution in [-0.2, 0) is 5.75 Å². The molecule has 1 N–H and O–H groups in total. The standard InChI is InChI=1S/C15H14ClFOS/c1-10(18)15-13(17)3-2-4-14(15)19-9-11-5-7-12(16)8-6-11/h2-8,10,18H,9H2,1H3/t10-/m1/s1. The number of rotatable bonds is 4. The first-order chi connectivity index (χ1) is 9.08. The first kappa shape index (κ1) is 14.4. The Bertz CT molecular complexity index is 555. The molecule has 0 heterocycles. The predicted octanol–water partition coefficient (Wildman–Crippen LogP) is 4.82. The van der Waals surface area contributed by atoms with Crippen molar-refractivity contribution in [1.29, 1.82) is 0 Å². The third-order valence-corrected chi connectivity index (χ3v) is 4.13. The van der Waals surface area contributed by atoms with Crippen LogP contribution < -0.4 is 0 Å². The van der Waals surface area contributed by atoms with Gasteiger partial charge in [0, 0.05) is 21.2 Å². The minimum atomic E-state index is -0.811. The second-order valence-corrected chi connectivity index (χ2v) is 5.70. The van der Waals surface area contributed by atoms with Crippen LogP contribution in [0.15, 0.2) is 47.4 Å². The topological polar surface area (TPSA) is 20.2 Å². The molecule has 0 amide bonds. The van der Waals surface area contributed by atoms with Crippen LogP contribution in [0.3, 0.4) is 0 Å². The molecule has 0 aromatic heterocycles. The van der Waals surface area contributed by atoms with Crippen molar-refractivity contribution in [3.8, 4) is 0 Å². The molecule has 1 nitrogen and oxygen atoms in total. The molecule has 0 saturated carbocycles. The summed E-state index contributed by atoms with van der Waals surface area (Å²) in [7, 11) is 0. The molecule has 0 fully saturated rings. The molecule has 19 heavy (non-hydrogen) atoms. The van der Waals surface area contributed by atoms with E-state index in [2.05, 4.69) is 0 Å². The molecule has 0 aliphatic rings. The van der Waals surface area contributed by atoms with Crippen LogP contribution in [-0.4, -0.2) is 5.11 Å². The van der Waals surface area contributed by atoms with E-state index in [1.807, 2.05) is 30.3 Å². The van der Waals surface area contributed by atoms with E-state index in [-0.39, 0.29) is 5.82 Å². The summed E-state index contributed by atoms with van der Waals surface area (Å²) in [5.74, 6) is 0.344. The lowest BCUT2D eigenvalue weighted by atomic mass is 10.1. The summed E-state index contributed by atoms with van der Waals surface area (Å²) in [6.07, 6.45) is -0.811. The summed E-state index contributed by atoms with van der Waals surface area (Å²) in [4.78, 5) is 0.768. The molecule has 2 aromatic carbocycles. The maximum Gasteiger partial charge on any atom is 0.130 e. The molecule has 0 aliphatic heterocycles. The molecule has 0 spiro atoms. The fourth-order valence-corrected chi connectivity index (χ4v) is 3.03. The van der Waals surface area contributed by atoms with Gasteiger partial charge in [-0.25, -0.2) is 4.39 Å². The number of thioether (sulfide) groups is 1. The van der Waals surface area contributed by atoms with Gasteiger partial charge < -0.3 is 5.11 Å². The van der Waals surface area contributed by atoms with E-state index in [4.69, 9.17) is 11.6 Å².